The van der Waals surface area contributed by atoms with Gasteiger partial charge >= 0.3 is 0 Å². The van der Waals surface area contributed by atoms with Gasteiger partial charge in [0.25, 0.3) is 0 Å². The molecule has 0 bridgehead atoms. The smallest absolute Gasteiger partial charge is 0.220 e. The number of hydrogen-bond acceptors (Lipinski definition) is 3. The van der Waals surface area contributed by atoms with Gasteiger partial charge in [0.15, 0.2) is 5.58 Å². The quantitative estimate of drug-likeness (QED) is 0.189. The number of aromatic nitrogens is 3. The van der Waals surface area contributed by atoms with Gasteiger partial charge in [0.2, 0.25) is 5.78 Å². The normalized spacial score (nSPS) is 12.4. The molecule has 4 aromatic heterocycles. The van der Waals surface area contributed by atoms with Crippen molar-refractivity contribution in [2.45, 2.75) is 0 Å². The number of furan rings is 2. The minimum atomic E-state index is 0.838. The van der Waals surface area contributed by atoms with E-state index in [-0.39, 0.29) is 0 Å². The van der Waals surface area contributed by atoms with Crippen molar-refractivity contribution in [2.24, 2.45) is 0 Å². The predicted molar refractivity (Wildman–Crippen MR) is 205 cm³/mol. The van der Waals surface area contributed by atoms with Crippen LogP contribution in [0.15, 0.2) is 160 Å². The van der Waals surface area contributed by atoms with Gasteiger partial charge in [0.1, 0.15) is 22.3 Å². The minimum Gasteiger partial charge on any atom is -0.455 e. The Morgan fingerprint density at radius 2 is 1.24 bits per heavy atom. The van der Waals surface area contributed by atoms with Crippen LogP contribution in [-0.2, 0) is 0 Å². The summed E-state index contributed by atoms with van der Waals surface area (Å²) in [5, 5.41) is 9.27. The molecule has 0 spiro atoms. The highest BCUT2D eigenvalue weighted by Crippen LogP contribution is 2.44. The van der Waals surface area contributed by atoms with E-state index in [1.54, 1.807) is 0 Å². The molecule has 0 aliphatic rings. The van der Waals surface area contributed by atoms with E-state index in [9.17, 15) is 0 Å². The molecule has 0 saturated heterocycles. The second kappa shape index (κ2) is 9.40. The van der Waals surface area contributed by atoms with Crippen LogP contribution in [0.3, 0.4) is 0 Å². The summed E-state index contributed by atoms with van der Waals surface area (Å²) in [7, 11) is 0. The molecule has 12 rings (SSSR count). The van der Waals surface area contributed by atoms with Gasteiger partial charge in [-0.1, -0.05) is 97.1 Å². The first kappa shape index (κ1) is 26.1. The maximum Gasteiger partial charge on any atom is 0.220 e. The lowest BCUT2D eigenvalue weighted by Gasteiger charge is -2.11. The standard InChI is InChI=1S/C45H25N3O2/c1-3-14-30-26(10-1)20-23-39-40(30)41-31-15-4-2-11-28(31)25-34(43(41)50-39)27-12-9-13-29(24-27)47-37-22-21-33-32-16-5-8-19-38(32)49-44(33)42(37)48-36-18-7-6-17-35(36)46-45(47)48/h1-25H. The molecule has 0 aliphatic carbocycles. The third-order valence-corrected chi connectivity index (χ3v) is 10.5. The Labute approximate surface area is 283 Å². The maximum absolute atomic E-state index is 6.81. The first-order valence-electron chi connectivity index (χ1n) is 16.9. The monoisotopic (exact) mass is 639 g/mol. The van der Waals surface area contributed by atoms with Crippen molar-refractivity contribution >= 4 is 93.3 Å². The molecule has 232 valence electrons. The van der Waals surface area contributed by atoms with E-state index >= 15 is 0 Å². The molecule has 5 nitrogen and oxygen atoms in total. The molecule has 0 unspecified atom stereocenters. The molecular weight excluding hydrogens is 615 g/mol. The van der Waals surface area contributed by atoms with E-state index in [0.29, 0.717) is 0 Å². The van der Waals surface area contributed by atoms with Crippen LogP contribution in [0.2, 0.25) is 0 Å². The molecule has 4 heterocycles. The third-order valence-electron chi connectivity index (χ3n) is 10.5. The predicted octanol–water partition coefficient (Wildman–Crippen LogP) is 12.2. The van der Waals surface area contributed by atoms with Crippen molar-refractivity contribution in [3.8, 4) is 16.8 Å². The van der Waals surface area contributed by atoms with Crippen LogP contribution in [0.25, 0.3) is 110 Å². The summed E-state index contributed by atoms with van der Waals surface area (Å²) in [5.74, 6) is 0.838. The van der Waals surface area contributed by atoms with Gasteiger partial charge in [-0.15, -0.1) is 0 Å². The lowest BCUT2D eigenvalue weighted by molar-refractivity contribution is 0.670. The average Bonchev–Trinajstić information content (AvgIpc) is 3.92. The van der Waals surface area contributed by atoms with Crippen molar-refractivity contribution in [1.29, 1.82) is 0 Å². The lowest BCUT2D eigenvalue weighted by atomic mass is 9.94. The summed E-state index contributed by atoms with van der Waals surface area (Å²) < 4.78 is 17.9. The number of para-hydroxylation sites is 3. The van der Waals surface area contributed by atoms with Crippen LogP contribution in [0.5, 0.6) is 0 Å². The Morgan fingerprint density at radius 1 is 0.480 bits per heavy atom. The molecule has 0 saturated carbocycles. The topological polar surface area (TPSA) is 48.5 Å². The number of fused-ring (bicyclic) bond motifs is 16. The van der Waals surface area contributed by atoms with Crippen LogP contribution in [0.4, 0.5) is 0 Å². The van der Waals surface area contributed by atoms with Gasteiger partial charge in [-0.25, -0.2) is 4.98 Å². The molecule has 0 fully saturated rings. The minimum absolute atomic E-state index is 0.838. The summed E-state index contributed by atoms with van der Waals surface area (Å²) in [6.45, 7) is 0. The van der Waals surface area contributed by atoms with Crippen molar-refractivity contribution in [3.05, 3.63) is 152 Å². The second-order valence-electron chi connectivity index (χ2n) is 13.1. The molecule has 0 amide bonds. The van der Waals surface area contributed by atoms with Crippen LogP contribution < -0.4 is 0 Å². The summed E-state index contributed by atoms with van der Waals surface area (Å²) >= 11 is 0. The number of rotatable bonds is 2. The number of nitrogens with zero attached hydrogens (tertiary/aromatic N) is 3. The summed E-state index contributed by atoms with van der Waals surface area (Å²) in [5.41, 5.74) is 10.7. The van der Waals surface area contributed by atoms with E-state index < -0.39 is 0 Å². The molecule has 5 heteroatoms. The first-order valence-corrected chi connectivity index (χ1v) is 16.9. The van der Waals surface area contributed by atoms with Crippen molar-refractivity contribution < 1.29 is 8.83 Å². The van der Waals surface area contributed by atoms with Gasteiger partial charge in [-0.3, -0.25) is 8.97 Å². The van der Waals surface area contributed by atoms with E-state index in [1.807, 2.05) is 18.2 Å². The number of hydrogen-bond donors (Lipinski definition) is 0. The Hall–Kier alpha value is -6.85. The molecule has 12 aromatic rings. The van der Waals surface area contributed by atoms with E-state index in [4.69, 9.17) is 13.8 Å². The zero-order valence-corrected chi connectivity index (χ0v) is 26.6. The van der Waals surface area contributed by atoms with Crippen molar-refractivity contribution in [3.63, 3.8) is 0 Å². The zero-order chi connectivity index (χ0) is 32.5. The van der Waals surface area contributed by atoms with Gasteiger partial charge in [-0.05, 0) is 81.7 Å². The fraction of sp³-hybridized carbons (Fsp3) is 0. The summed E-state index contributed by atoms with van der Waals surface area (Å²) in [6.07, 6.45) is 0. The van der Waals surface area contributed by atoms with Gasteiger partial charge < -0.3 is 8.83 Å². The average molecular weight is 640 g/mol. The van der Waals surface area contributed by atoms with E-state index in [0.717, 1.165) is 88.5 Å². The second-order valence-corrected chi connectivity index (χ2v) is 13.1. The summed E-state index contributed by atoms with van der Waals surface area (Å²) in [6, 6.07) is 53.4. The molecule has 0 aliphatic heterocycles. The Balaban J connectivity index is 1.18. The molecular formula is C45H25N3O2. The Kier molecular flexibility index (Phi) is 4.91. The van der Waals surface area contributed by atoms with E-state index in [2.05, 4.69) is 142 Å². The largest absolute Gasteiger partial charge is 0.455 e. The van der Waals surface area contributed by atoms with Gasteiger partial charge in [-0.2, -0.15) is 0 Å². The fourth-order valence-corrected chi connectivity index (χ4v) is 8.32. The molecule has 8 aromatic carbocycles. The number of imidazole rings is 2. The highest BCUT2D eigenvalue weighted by Gasteiger charge is 2.23. The maximum atomic E-state index is 6.81. The van der Waals surface area contributed by atoms with Crippen LogP contribution in [-0.4, -0.2) is 14.0 Å². The fourth-order valence-electron chi connectivity index (χ4n) is 8.32. The van der Waals surface area contributed by atoms with Crippen molar-refractivity contribution in [2.75, 3.05) is 0 Å². The molecule has 0 atom stereocenters. The Bertz CT molecular complexity index is 3390. The molecule has 0 N–H and O–H groups in total. The highest BCUT2D eigenvalue weighted by molar-refractivity contribution is 6.28. The van der Waals surface area contributed by atoms with Crippen LogP contribution >= 0.6 is 0 Å². The number of benzene rings is 8. The van der Waals surface area contributed by atoms with Gasteiger partial charge in [0, 0.05) is 32.8 Å². The highest BCUT2D eigenvalue weighted by atomic mass is 16.3. The van der Waals surface area contributed by atoms with E-state index in [1.165, 1.54) is 21.5 Å². The van der Waals surface area contributed by atoms with Crippen molar-refractivity contribution in [1.82, 2.24) is 14.0 Å². The van der Waals surface area contributed by atoms with Crippen LogP contribution in [0, 0.1) is 0 Å². The molecule has 0 radical (unpaired) electrons. The lowest BCUT2D eigenvalue weighted by Crippen LogP contribution is -1.95. The summed E-state index contributed by atoms with van der Waals surface area (Å²) in [4.78, 5) is 5.21. The Morgan fingerprint density at radius 3 is 2.16 bits per heavy atom. The zero-order valence-electron chi connectivity index (χ0n) is 26.6. The van der Waals surface area contributed by atoms with Crippen LogP contribution in [0.1, 0.15) is 0 Å². The third kappa shape index (κ3) is 3.33. The van der Waals surface area contributed by atoms with Gasteiger partial charge in [0.05, 0.1) is 16.6 Å². The SMILES string of the molecule is c1cc(-c2cc3ccccc3c3c2oc2ccc4ccccc4c23)cc(-n2c3ccc4c5ccccc5oc4c3n3c4ccccc4nc23)c1. The molecule has 50 heavy (non-hydrogen) atoms. The first-order chi connectivity index (χ1) is 24.8.